The fraction of sp³-hybridized carbons (Fsp3) is 0.125. The van der Waals surface area contributed by atoms with Crippen molar-refractivity contribution in [2.24, 2.45) is 5.10 Å². The average molecular weight is 481 g/mol. The number of nitrogens with zero attached hydrogens (tertiary/aromatic N) is 1. The summed E-state index contributed by atoms with van der Waals surface area (Å²) in [6.45, 7) is 3.74. The second-order valence-corrected chi connectivity index (χ2v) is 7.75. The van der Waals surface area contributed by atoms with E-state index in [1.165, 1.54) is 6.21 Å². The molecule has 0 unspecified atom stereocenters. The Morgan fingerprint density at radius 3 is 2.29 bits per heavy atom. The number of ether oxygens (including phenoxy) is 2. The van der Waals surface area contributed by atoms with Crippen LogP contribution in [0.25, 0.3) is 0 Å². The third-order valence-electron chi connectivity index (χ3n) is 4.25. The van der Waals surface area contributed by atoms with E-state index < -0.39 is 11.9 Å². The average Bonchev–Trinajstić information content (AvgIpc) is 2.75. The van der Waals surface area contributed by atoms with Crippen molar-refractivity contribution >= 4 is 34.0 Å². The summed E-state index contributed by atoms with van der Waals surface area (Å²) in [5, 5.41) is 3.94. The zero-order valence-corrected chi connectivity index (χ0v) is 18.7. The summed E-state index contributed by atoms with van der Waals surface area (Å²) in [5.41, 5.74) is 5.52. The maximum absolute atomic E-state index is 12.4. The molecule has 3 aromatic carbocycles. The highest BCUT2D eigenvalue weighted by Gasteiger charge is 2.11. The van der Waals surface area contributed by atoms with Crippen LogP contribution in [0, 0.1) is 13.8 Å². The van der Waals surface area contributed by atoms with E-state index in [0.29, 0.717) is 22.6 Å². The van der Waals surface area contributed by atoms with Gasteiger partial charge in [0.1, 0.15) is 11.5 Å². The zero-order valence-electron chi connectivity index (χ0n) is 17.1. The van der Waals surface area contributed by atoms with Crippen LogP contribution in [0.2, 0.25) is 0 Å². The standard InChI is InChI=1S/C24H21BrN2O4/c1-16-3-7-18(8-4-16)24(29)31-22-12-9-20(25)13-19(22)14-26-27-23(28)15-30-21-10-5-17(2)6-11-21/h3-14H,15H2,1-2H3,(H,27,28)/b26-14+. The lowest BCUT2D eigenvalue weighted by Gasteiger charge is -2.08. The predicted octanol–water partition coefficient (Wildman–Crippen LogP) is 4.81. The molecule has 0 aromatic heterocycles. The number of aryl methyl sites for hydroxylation is 2. The molecule has 0 atom stereocenters. The van der Waals surface area contributed by atoms with E-state index in [1.807, 2.05) is 38.1 Å². The van der Waals surface area contributed by atoms with Gasteiger partial charge >= 0.3 is 5.97 Å². The highest BCUT2D eigenvalue weighted by atomic mass is 79.9. The monoisotopic (exact) mass is 480 g/mol. The normalized spacial score (nSPS) is 10.7. The van der Waals surface area contributed by atoms with Crippen LogP contribution in [0.1, 0.15) is 27.0 Å². The molecule has 0 aliphatic heterocycles. The molecule has 158 valence electrons. The number of carbonyl (C=O) groups excluding carboxylic acids is 2. The van der Waals surface area contributed by atoms with Crippen molar-refractivity contribution in [3.8, 4) is 11.5 Å². The van der Waals surface area contributed by atoms with E-state index in [1.54, 1.807) is 42.5 Å². The maximum atomic E-state index is 12.4. The Morgan fingerprint density at radius 2 is 1.61 bits per heavy atom. The van der Waals surface area contributed by atoms with Gasteiger partial charge in [-0.3, -0.25) is 4.79 Å². The summed E-state index contributed by atoms with van der Waals surface area (Å²) in [5.74, 6) is 0.0298. The van der Waals surface area contributed by atoms with E-state index in [2.05, 4.69) is 26.5 Å². The number of nitrogens with one attached hydrogen (secondary N) is 1. The van der Waals surface area contributed by atoms with Crippen LogP contribution in [-0.2, 0) is 4.79 Å². The van der Waals surface area contributed by atoms with Crippen molar-refractivity contribution in [2.75, 3.05) is 6.61 Å². The molecule has 0 bridgehead atoms. The number of hydrogen-bond donors (Lipinski definition) is 1. The fourth-order valence-corrected chi connectivity index (χ4v) is 2.93. The Balaban J connectivity index is 1.61. The molecule has 0 saturated carbocycles. The van der Waals surface area contributed by atoms with Crippen molar-refractivity contribution in [1.29, 1.82) is 0 Å². The Bertz CT molecular complexity index is 1090. The number of amides is 1. The summed E-state index contributed by atoms with van der Waals surface area (Å²) < 4.78 is 11.7. The molecule has 0 aliphatic carbocycles. The molecule has 0 spiro atoms. The zero-order chi connectivity index (χ0) is 22.2. The number of hydrazone groups is 1. The smallest absolute Gasteiger partial charge is 0.343 e. The lowest BCUT2D eigenvalue weighted by Crippen LogP contribution is -2.24. The maximum Gasteiger partial charge on any atom is 0.343 e. The van der Waals surface area contributed by atoms with Crippen LogP contribution in [0.3, 0.4) is 0 Å². The molecule has 0 aliphatic rings. The van der Waals surface area contributed by atoms with Crippen LogP contribution in [0.4, 0.5) is 0 Å². The third kappa shape index (κ3) is 6.79. The number of hydrogen-bond acceptors (Lipinski definition) is 5. The van der Waals surface area contributed by atoms with Gasteiger partial charge in [0.05, 0.1) is 11.8 Å². The molecule has 31 heavy (non-hydrogen) atoms. The Hall–Kier alpha value is -3.45. The van der Waals surface area contributed by atoms with E-state index in [4.69, 9.17) is 9.47 Å². The van der Waals surface area contributed by atoms with E-state index in [9.17, 15) is 9.59 Å². The Labute approximate surface area is 189 Å². The lowest BCUT2D eigenvalue weighted by atomic mass is 10.1. The van der Waals surface area contributed by atoms with Gasteiger partial charge in [-0.25, -0.2) is 10.2 Å². The highest BCUT2D eigenvalue weighted by molar-refractivity contribution is 9.10. The number of benzene rings is 3. The van der Waals surface area contributed by atoms with Crippen molar-refractivity contribution in [2.45, 2.75) is 13.8 Å². The number of halogens is 1. The molecule has 0 fully saturated rings. The Morgan fingerprint density at radius 1 is 0.968 bits per heavy atom. The van der Waals surface area contributed by atoms with E-state index in [-0.39, 0.29) is 6.61 Å². The van der Waals surface area contributed by atoms with E-state index >= 15 is 0 Å². The molecule has 0 heterocycles. The molecular formula is C24H21BrN2O4. The lowest BCUT2D eigenvalue weighted by molar-refractivity contribution is -0.123. The van der Waals surface area contributed by atoms with Crippen LogP contribution in [0.5, 0.6) is 11.5 Å². The van der Waals surface area contributed by atoms with Crippen LogP contribution < -0.4 is 14.9 Å². The van der Waals surface area contributed by atoms with Crippen molar-refractivity contribution in [3.05, 3.63) is 93.5 Å². The molecular weight excluding hydrogens is 460 g/mol. The molecule has 0 radical (unpaired) electrons. The number of rotatable bonds is 7. The second kappa shape index (κ2) is 10.5. The Kier molecular flexibility index (Phi) is 7.56. The number of esters is 1. The van der Waals surface area contributed by atoms with Gasteiger partial charge in [-0.2, -0.15) is 5.10 Å². The van der Waals surface area contributed by atoms with Gasteiger partial charge in [-0.05, 0) is 56.3 Å². The van der Waals surface area contributed by atoms with Crippen LogP contribution in [-0.4, -0.2) is 24.7 Å². The molecule has 0 saturated heterocycles. The van der Waals surface area contributed by atoms with Gasteiger partial charge in [0.15, 0.2) is 6.61 Å². The predicted molar refractivity (Wildman–Crippen MR) is 123 cm³/mol. The number of carbonyl (C=O) groups is 2. The van der Waals surface area contributed by atoms with Gasteiger partial charge in [0.25, 0.3) is 5.91 Å². The van der Waals surface area contributed by atoms with Gasteiger partial charge in [0, 0.05) is 10.0 Å². The van der Waals surface area contributed by atoms with Crippen LogP contribution >= 0.6 is 15.9 Å². The van der Waals surface area contributed by atoms with Crippen molar-refractivity contribution in [1.82, 2.24) is 5.43 Å². The SMILES string of the molecule is Cc1ccc(OCC(=O)N/N=C/c2cc(Br)ccc2OC(=O)c2ccc(C)cc2)cc1. The molecule has 3 rings (SSSR count). The summed E-state index contributed by atoms with van der Waals surface area (Å²) >= 11 is 3.38. The molecule has 1 N–H and O–H groups in total. The molecule has 6 nitrogen and oxygen atoms in total. The first-order chi connectivity index (χ1) is 14.9. The summed E-state index contributed by atoms with van der Waals surface area (Å²) in [6.07, 6.45) is 1.41. The summed E-state index contributed by atoms with van der Waals surface area (Å²) in [7, 11) is 0. The van der Waals surface area contributed by atoms with Gasteiger partial charge in [-0.15, -0.1) is 0 Å². The minimum absolute atomic E-state index is 0.172. The van der Waals surface area contributed by atoms with Gasteiger partial charge in [-0.1, -0.05) is 51.3 Å². The van der Waals surface area contributed by atoms with Crippen LogP contribution in [0.15, 0.2) is 76.3 Å². The van der Waals surface area contributed by atoms with Gasteiger partial charge in [0.2, 0.25) is 0 Å². The molecule has 7 heteroatoms. The largest absolute Gasteiger partial charge is 0.484 e. The minimum atomic E-state index is -0.479. The quantitative estimate of drug-likeness (QED) is 0.227. The highest BCUT2D eigenvalue weighted by Crippen LogP contribution is 2.23. The summed E-state index contributed by atoms with van der Waals surface area (Å²) in [4.78, 5) is 24.4. The topological polar surface area (TPSA) is 77.0 Å². The molecule has 1 amide bonds. The van der Waals surface area contributed by atoms with Crippen molar-refractivity contribution in [3.63, 3.8) is 0 Å². The minimum Gasteiger partial charge on any atom is -0.484 e. The molecule has 3 aromatic rings. The fourth-order valence-electron chi connectivity index (χ4n) is 2.55. The van der Waals surface area contributed by atoms with Crippen molar-refractivity contribution < 1.29 is 19.1 Å². The van der Waals surface area contributed by atoms with Gasteiger partial charge < -0.3 is 9.47 Å². The summed E-state index contributed by atoms with van der Waals surface area (Å²) in [6, 6.07) is 19.6. The van der Waals surface area contributed by atoms with E-state index in [0.717, 1.165) is 15.6 Å². The second-order valence-electron chi connectivity index (χ2n) is 6.83. The third-order valence-corrected chi connectivity index (χ3v) is 4.74. The first kappa shape index (κ1) is 22.2. The first-order valence-electron chi connectivity index (χ1n) is 9.50. The first-order valence-corrected chi connectivity index (χ1v) is 10.3.